The smallest absolute Gasteiger partial charge is 0.339 e. The predicted octanol–water partition coefficient (Wildman–Crippen LogP) is 6.89. The second-order valence-corrected chi connectivity index (χ2v) is 11.0. The number of rotatable bonds is 5. The number of hydrogen-bond donors (Lipinski definition) is 1. The number of amides is 1. The number of nitriles is 1. The lowest BCUT2D eigenvalue weighted by Gasteiger charge is -2.17. The number of fused-ring (bicyclic) bond motifs is 3. The van der Waals surface area contributed by atoms with Crippen molar-refractivity contribution >= 4 is 50.1 Å². The highest BCUT2D eigenvalue weighted by atomic mass is 32.1. The molecule has 194 valence electrons. The van der Waals surface area contributed by atoms with Gasteiger partial charge in [0.15, 0.2) is 11.7 Å². The molecule has 0 bridgehead atoms. The Hall–Kier alpha value is -4.48. The Bertz CT molecular complexity index is 1760. The highest BCUT2D eigenvalue weighted by molar-refractivity contribution is 7.16. The van der Waals surface area contributed by atoms with E-state index in [0.29, 0.717) is 44.5 Å². The summed E-state index contributed by atoms with van der Waals surface area (Å²) >= 11 is 1.44. The molecule has 8 heteroatoms. The van der Waals surface area contributed by atoms with Crippen LogP contribution >= 0.6 is 11.3 Å². The van der Waals surface area contributed by atoms with E-state index in [1.54, 1.807) is 12.1 Å². The molecule has 1 aliphatic rings. The molecule has 5 aromatic rings. The van der Waals surface area contributed by atoms with Gasteiger partial charge in [-0.2, -0.15) is 5.26 Å². The monoisotopic (exact) mass is 535 g/mol. The Morgan fingerprint density at radius 1 is 1.15 bits per heavy atom. The first-order valence-electron chi connectivity index (χ1n) is 12.9. The molecule has 2 unspecified atom stereocenters. The van der Waals surface area contributed by atoms with Crippen molar-refractivity contribution in [2.24, 2.45) is 5.92 Å². The van der Waals surface area contributed by atoms with E-state index < -0.39 is 18.0 Å². The van der Waals surface area contributed by atoms with E-state index in [1.165, 1.54) is 18.3 Å². The molecule has 0 saturated carbocycles. The summed E-state index contributed by atoms with van der Waals surface area (Å²) in [6.45, 7) is 3.72. The van der Waals surface area contributed by atoms with Gasteiger partial charge in [-0.05, 0) is 67.3 Å². The Morgan fingerprint density at radius 3 is 2.74 bits per heavy atom. The Balaban J connectivity index is 1.27. The molecule has 1 aliphatic carbocycles. The third-order valence-corrected chi connectivity index (χ3v) is 8.33. The lowest BCUT2D eigenvalue weighted by Crippen LogP contribution is -2.30. The van der Waals surface area contributed by atoms with Crippen LogP contribution in [-0.2, 0) is 22.4 Å². The molecule has 0 aliphatic heterocycles. The van der Waals surface area contributed by atoms with E-state index in [-0.39, 0.29) is 0 Å². The van der Waals surface area contributed by atoms with Crippen molar-refractivity contribution in [1.29, 1.82) is 5.26 Å². The highest BCUT2D eigenvalue weighted by Gasteiger charge is 2.27. The molecule has 1 amide bonds. The average molecular weight is 536 g/mol. The molecule has 0 radical (unpaired) electrons. The minimum atomic E-state index is -1.08. The molecule has 2 heterocycles. The highest BCUT2D eigenvalue weighted by Crippen LogP contribution is 2.39. The predicted molar refractivity (Wildman–Crippen MR) is 151 cm³/mol. The van der Waals surface area contributed by atoms with E-state index in [9.17, 15) is 14.9 Å². The van der Waals surface area contributed by atoms with Gasteiger partial charge in [0.1, 0.15) is 16.6 Å². The number of esters is 1. The van der Waals surface area contributed by atoms with E-state index in [2.05, 4.69) is 23.3 Å². The maximum absolute atomic E-state index is 13.4. The molecule has 3 aromatic carbocycles. The molecule has 39 heavy (non-hydrogen) atoms. The van der Waals surface area contributed by atoms with Crippen LogP contribution in [0.4, 0.5) is 5.00 Å². The Morgan fingerprint density at radius 2 is 1.95 bits per heavy atom. The standard InChI is InChI=1S/C31H25N3O4S/c1-17-13-14-20-23(16-32)30(39-26(20)15-17)34-28(35)18(2)37-31(36)22-10-6-8-19-7-5-9-21(27(19)22)29-33-24-11-3-4-12-25(24)38-29/h3-12,17-18H,13-15H2,1-2H3,(H,34,35). The molecular weight excluding hydrogens is 510 g/mol. The first-order valence-corrected chi connectivity index (χ1v) is 13.7. The first-order chi connectivity index (χ1) is 18.9. The number of oxazole rings is 1. The topological polar surface area (TPSA) is 105 Å². The van der Waals surface area contributed by atoms with Crippen LogP contribution in [0, 0.1) is 17.2 Å². The van der Waals surface area contributed by atoms with E-state index >= 15 is 0 Å². The number of anilines is 1. The fourth-order valence-corrected chi connectivity index (χ4v) is 6.49. The van der Waals surface area contributed by atoms with Crippen molar-refractivity contribution in [3.63, 3.8) is 0 Å². The molecule has 2 aromatic heterocycles. The molecule has 7 nitrogen and oxygen atoms in total. The summed E-state index contributed by atoms with van der Waals surface area (Å²) in [7, 11) is 0. The third-order valence-electron chi connectivity index (χ3n) is 7.16. The SMILES string of the molecule is CC1CCc2c(sc(NC(=O)C(C)OC(=O)c3cccc4cccc(-c5nc6ccccc6o5)c34)c2C#N)C1. The molecule has 0 fully saturated rings. The van der Waals surface area contributed by atoms with Gasteiger partial charge in [-0.15, -0.1) is 11.3 Å². The second kappa shape index (κ2) is 10.0. The van der Waals surface area contributed by atoms with Crippen LogP contribution in [0.1, 0.15) is 46.6 Å². The zero-order valence-electron chi connectivity index (χ0n) is 21.5. The van der Waals surface area contributed by atoms with Gasteiger partial charge in [0.2, 0.25) is 5.89 Å². The van der Waals surface area contributed by atoms with Gasteiger partial charge in [0, 0.05) is 15.8 Å². The number of carbonyl (C=O) groups is 2. The van der Waals surface area contributed by atoms with Gasteiger partial charge in [-0.3, -0.25) is 4.79 Å². The Kier molecular flexibility index (Phi) is 6.37. The maximum atomic E-state index is 13.4. The Labute approximate surface area is 229 Å². The fraction of sp³-hybridized carbons (Fsp3) is 0.226. The van der Waals surface area contributed by atoms with Crippen molar-refractivity contribution in [3.05, 3.63) is 82.2 Å². The largest absolute Gasteiger partial charge is 0.449 e. The molecular formula is C31H25N3O4S. The van der Waals surface area contributed by atoms with Gasteiger partial charge < -0.3 is 14.5 Å². The number of nitrogens with zero attached hydrogens (tertiary/aromatic N) is 2. The first kappa shape index (κ1) is 24.8. The summed E-state index contributed by atoms with van der Waals surface area (Å²) in [5.41, 5.74) is 3.88. The number of thiophene rings is 1. The third kappa shape index (κ3) is 4.55. The zero-order valence-corrected chi connectivity index (χ0v) is 22.3. The summed E-state index contributed by atoms with van der Waals surface area (Å²) in [5, 5.41) is 14.6. The average Bonchev–Trinajstić information content (AvgIpc) is 3.52. The van der Waals surface area contributed by atoms with E-state index in [4.69, 9.17) is 9.15 Å². The van der Waals surface area contributed by atoms with Crippen molar-refractivity contribution in [2.75, 3.05) is 5.32 Å². The van der Waals surface area contributed by atoms with Crippen LogP contribution in [0.25, 0.3) is 33.3 Å². The molecule has 0 spiro atoms. The van der Waals surface area contributed by atoms with Gasteiger partial charge in [-0.25, -0.2) is 9.78 Å². The number of nitrogens with one attached hydrogen (secondary N) is 1. The lowest BCUT2D eigenvalue weighted by atomic mass is 9.88. The quantitative estimate of drug-likeness (QED) is 0.246. The minimum Gasteiger partial charge on any atom is -0.449 e. The molecule has 2 atom stereocenters. The normalized spacial score (nSPS) is 15.5. The van der Waals surface area contributed by atoms with Crippen LogP contribution in [0.3, 0.4) is 0 Å². The number of ether oxygens (including phenoxy) is 1. The van der Waals surface area contributed by atoms with Crippen molar-refractivity contribution < 1.29 is 18.7 Å². The molecule has 0 saturated heterocycles. The summed E-state index contributed by atoms with van der Waals surface area (Å²) in [4.78, 5) is 32.2. The van der Waals surface area contributed by atoms with Gasteiger partial charge in [0.05, 0.1) is 11.1 Å². The molecule has 1 N–H and O–H groups in total. The summed E-state index contributed by atoms with van der Waals surface area (Å²) < 4.78 is 11.6. The number of carbonyl (C=O) groups excluding carboxylic acids is 2. The van der Waals surface area contributed by atoms with Crippen molar-refractivity contribution in [3.8, 4) is 17.5 Å². The minimum absolute atomic E-state index is 0.309. The van der Waals surface area contributed by atoms with E-state index in [1.807, 2.05) is 48.5 Å². The van der Waals surface area contributed by atoms with E-state index in [0.717, 1.165) is 40.6 Å². The van der Waals surface area contributed by atoms with Crippen LogP contribution in [0.5, 0.6) is 0 Å². The van der Waals surface area contributed by atoms with Crippen molar-refractivity contribution in [1.82, 2.24) is 4.98 Å². The fourth-order valence-electron chi connectivity index (χ4n) is 5.12. The number of para-hydroxylation sites is 2. The van der Waals surface area contributed by atoms with Crippen LogP contribution in [-0.4, -0.2) is 23.0 Å². The van der Waals surface area contributed by atoms with Crippen LogP contribution in [0.2, 0.25) is 0 Å². The summed E-state index contributed by atoms with van der Waals surface area (Å²) in [6.07, 6.45) is 1.68. The van der Waals surface area contributed by atoms with Gasteiger partial charge in [-0.1, -0.05) is 43.3 Å². The van der Waals surface area contributed by atoms with Crippen LogP contribution in [0.15, 0.2) is 65.1 Å². The number of hydrogen-bond acceptors (Lipinski definition) is 7. The van der Waals surface area contributed by atoms with Crippen LogP contribution < -0.4 is 5.32 Å². The summed E-state index contributed by atoms with van der Waals surface area (Å²) in [5.74, 6) is -0.170. The maximum Gasteiger partial charge on any atom is 0.339 e. The number of aromatic nitrogens is 1. The zero-order chi connectivity index (χ0) is 27.1. The lowest BCUT2D eigenvalue weighted by molar-refractivity contribution is -0.123. The van der Waals surface area contributed by atoms with Gasteiger partial charge in [0.25, 0.3) is 5.91 Å². The summed E-state index contributed by atoms with van der Waals surface area (Å²) in [6, 6.07) is 20.7. The second-order valence-electron chi connectivity index (χ2n) is 9.90. The number of benzene rings is 3. The molecule has 6 rings (SSSR count). The van der Waals surface area contributed by atoms with Crippen molar-refractivity contribution in [2.45, 2.75) is 39.2 Å². The van der Waals surface area contributed by atoms with Gasteiger partial charge >= 0.3 is 5.97 Å².